The second-order valence-electron chi connectivity index (χ2n) is 5.73. The van der Waals surface area contributed by atoms with Crippen LogP contribution in [0.25, 0.3) is 0 Å². The van der Waals surface area contributed by atoms with Gasteiger partial charge < -0.3 is 15.2 Å². The van der Waals surface area contributed by atoms with E-state index < -0.39 is 6.10 Å². The minimum atomic E-state index is -0.458. The lowest BCUT2D eigenvalue weighted by molar-refractivity contribution is 0.185. The quantitative estimate of drug-likeness (QED) is 0.705. The molecule has 0 spiro atoms. The fourth-order valence-electron chi connectivity index (χ4n) is 2.91. The molecule has 1 aliphatic carbocycles. The zero-order valence-corrected chi connectivity index (χ0v) is 15.2. The topological polar surface area (TPSA) is 67.3 Å². The van der Waals surface area contributed by atoms with Gasteiger partial charge in [0.15, 0.2) is 4.34 Å². The van der Waals surface area contributed by atoms with E-state index in [9.17, 15) is 5.11 Å². The Labute approximate surface area is 154 Å². The summed E-state index contributed by atoms with van der Waals surface area (Å²) in [4.78, 5) is 0. The summed E-state index contributed by atoms with van der Waals surface area (Å²) in [5.74, 6) is 0.788. The molecule has 0 fully saturated rings. The first-order chi connectivity index (χ1) is 12.2. The summed E-state index contributed by atoms with van der Waals surface area (Å²) in [6.45, 7) is 0. The minimum absolute atomic E-state index is 0.0787. The van der Waals surface area contributed by atoms with Crippen molar-refractivity contribution >= 4 is 33.9 Å². The van der Waals surface area contributed by atoms with Gasteiger partial charge in [0, 0.05) is 17.0 Å². The van der Waals surface area contributed by atoms with E-state index in [-0.39, 0.29) is 5.25 Å². The maximum atomic E-state index is 10.5. The molecule has 0 radical (unpaired) electrons. The zero-order chi connectivity index (χ0) is 17.2. The fourth-order valence-corrected chi connectivity index (χ4v) is 5.09. The third-order valence-electron chi connectivity index (χ3n) is 4.13. The van der Waals surface area contributed by atoms with E-state index in [1.807, 2.05) is 42.5 Å². The lowest BCUT2D eigenvalue weighted by Gasteiger charge is -2.12. The summed E-state index contributed by atoms with van der Waals surface area (Å²) >= 11 is 3.07. The molecular formula is C18H17N3O2S2. The lowest BCUT2D eigenvalue weighted by atomic mass is 10.1. The van der Waals surface area contributed by atoms with Gasteiger partial charge in [-0.05, 0) is 29.7 Å². The van der Waals surface area contributed by atoms with Gasteiger partial charge in [-0.3, -0.25) is 0 Å². The summed E-state index contributed by atoms with van der Waals surface area (Å²) in [6.07, 6.45) is 0.389. The average molecular weight is 371 g/mol. The number of aromatic nitrogens is 2. The molecule has 0 saturated carbocycles. The van der Waals surface area contributed by atoms with Crippen molar-refractivity contribution in [1.29, 1.82) is 0 Å². The van der Waals surface area contributed by atoms with Crippen molar-refractivity contribution in [1.82, 2.24) is 10.2 Å². The van der Waals surface area contributed by atoms with Gasteiger partial charge in [-0.1, -0.05) is 53.4 Å². The standard InChI is InChI=1S/C18H17N3O2S2/c1-23-13-7-4-6-12(10-13)19-17-20-21-18(25-17)24-15-9-11-5-2-3-8-14(11)16(15)22/h2-8,10,15-16,22H,9H2,1H3,(H,19,20)/t15-,16+/m0/s1. The van der Waals surface area contributed by atoms with Gasteiger partial charge in [-0.2, -0.15) is 0 Å². The SMILES string of the molecule is COc1cccc(Nc2nnc(S[C@H]3Cc4ccccc4[C@H]3O)s2)c1. The van der Waals surface area contributed by atoms with Gasteiger partial charge in [0.2, 0.25) is 5.13 Å². The molecular weight excluding hydrogens is 354 g/mol. The van der Waals surface area contributed by atoms with Crippen LogP contribution >= 0.6 is 23.1 Å². The molecule has 0 amide bonds. The Kier molecular flexibility index (Phi) is 4.61. The molecule has 7 heteroatoms. The highest BCUT2D eigenvalue weighted by Crippen LogP contribution is 2.42. The van der Waals surface area contributed by atoms with Crippen molar-refractivity contribution in [2.75, 3.05) is 12.4 Å². The number of fused-ring (bicyclic) bond motifs is 1. The Morgan fingerprint density at radius 3 is 2.92 bits per heavy atom. The Morgan fingerprint density at radius 2 is 2.08 bits per heavy atom. The number of anilines is 2. The normalized spacial score (nSPS) is 18.8. The predicted octanol–water partition coefficient (Wildman–Crippen LogP) is 4.04. The van der Waals surface area contributed by atoms with Crippen LogP contribution in [0.4, 0.5) is 10.8 Å². The summed E-state index contributed by atoms with van der Waals surface area (Å²) in [6, 6.07) is 15.7. The van der Waals surface area contributed by atoms with Crippen molar-refractivity contribution < 1.29 is 9.84 Å². The van der Waals surface area contributed by atoms with E-state index in [1.54, 1.807) is 18.9 Å². The summed E-state index contributed by atoms with van der Waals surface area (Å²) in [5.41, 5.74) is 3.14. The Morgan fingerprint density at radius 1 is 1.20 bits per heavy atom. The lowest BCUT2D eigenvalue weighted by Crippen LogP contribution is -2.08. The average Bonchev–Trinajstić information content (AvgIpc) is 3.20. The van der Waals surface area contributed by atoms with Crippen LogP contribution in [0.2, 0.25) is 0 Å². The number of rotatable bonds is 5. The second kappa shape index (κ2) is 7.03. The number of nitrogens with zero attached hydrogens (tertiary/aromatic N) is 2. The molecule has 128 valence electrons. The highest BCUT2D eigenvalue weighted by molar-refractivity contribution is 8.01. The molecule has 2 atom stereocenters. The van der Waals surface area contributed by atoms with Crippen molar-refractivity contribution in [2.45, 2.75) is 22.1 Å². The molecule has 25 heavy (non-hydrogen) atoms. The molecule has 5 nitrogen and oxygen atoms in total. The molecule has 0 aliphatic heterocycles. The van der Waals surface area contributed by atoms with Crippen molar-refractivity contribution in [2.24, 2.45) is 0 Å². The number of ether oxygens (including phenoxy) is 1. The van der Waals surface area contributed by atoms with Crippen molar-refractivity contribution in [3.8, 4) is 5.75 Å². The van der Waals surface area contributed by atoms with Gasteiger partial charge in [0.1, 0.15) is 5.75 Å². The highest BCUT2D eigenvalue weighted by atomic mass is 32.2. The first-order valence-electron chi connectivity index (χ1n) is 7.90. The second-order valence-corrected chi connectivity index (χ2v) is 8.20. The van der Waals surface area contributed by atoms with Crippen LogP contribution in [0.5, 0.6) is 5.75 Å². The van der Waals surface area contributed by atoms with Crippen LogP contribution in [-0.2, 0) is 6.42 Å². The van der Waals surface area contributed by atoms with E-state index in [1.165, 1.54) is 16.9 Å². The molecule has 1 heterocycles. The van der Waals surface area contributed by atoms with Gasteiger partial charge >= 0.3 is 0 Å². The molecule has 0 saturated heterocycles. The van der Waals surface area contributed by atoms with E-state index in [4.69, 9.17) is 4.74 Å². The first kappa shape index (κ1) is 16.4. The zero-order valence-electron chi connectivity index (χ0n) is 13.5. The Bertz CT molecular complexity index is 884. The van der Waals surface area contributed by atoms with E-state index >= 15 is 0 Å². The molecule has 2 aromatic carbocycles. The molecule has 3 aromatic rings. The van der Waals surface area contributed by atoms with Gasteiger partial charge in [-0.25, -0.2) is 0 Å². The largest absolute Gasteiger partial charge is 0.497 e. The van der Waals surface area contributed by atoms with Gasteiger partial charge in [-0.15, -0.1) is 10.2 Å². The number of benzene rings is 2. The van der Waals surface area contributed by atoms with Gasteiger partial charge in [0.25, 0.3) is 0 Å². The first-order valence-corrected chi connectivity index (χ1v) is 9.59. The molecule has 4 rings (SSSR count). The molecule has 0 unspecified atom stereocenters. The third kappa shape index (κ3) is 3.49. The number of aliphatic hydroxyl groups excluding tert-OH is 1. The summed E-state index contributed by atoms with van der Waals surface area (Å²) in [7, 11) is 1.64. The maximum absolute atomic E-state index is 10.5. The van der Waals surface area contributed by atoms with Crippen LogP contribution in [0, 0.1) is 0 Å². The number of aliphatic hydroxyl groups is 1. The Balaban J connectivity index is 1.44. The Hall–Kier alpha value is -2.09. The van der Waals surface area contributed by atoms with Gasteiger partial charge in [0.05, 0.1) is 13.2 Å². The fraction of sp³-hybridized carbons (Fsp3) is 0.222. The minimum Gasteiger partial charge on any atom is -0.497 e. The smallest absolute Gasteiger partial charge is 0.210 e. The van der Waals surface area contributed by atoms with E-state index in [2.05, 4.69) is 21.6 Å². The monoisotopic (exact) mass is 371 g/mol. The van der Waals surface area contributed by atoms with Crippen molar-refractivity contribution in [3.05, 3.63) is 59.7 Å². The number of thioether (sulfide) groups is 1. The van der Waals surface area contributed by atoms with Crippen LogP contribution in [0.3, 0.4) is 0 Å². The number of hydrogen-bond acceptors (Lipinski definition) is 7. The van der Waals surface area contributed by atoms with E-state index in [0.29, 0.717) is 0 Å². The highest BCUT2D eigenvalue weighted by Gasteiger charge is 2.32. The molecule has 2 N–H and O–H groups in total. The van der Waals surface area contributed by atoms with Crippen LogP contribution in [-0.4, -0.2) is 27.7 Å². The number of methoxy groups -OCH3 is 1. The molecule has 1 aliphatic rings. The third-order valence-corrected chi connectivity index (χ3v) is 6.31. The summed E-state index contributed by atoms with van der Waals surface area (Å²) < 4.78 is 6.07. The predicted molar refractivity (Wildman–Crippen MR) is 101 cm³/mol. The maximum Gasteiger partial charge on any atom is 0.210 e. The van der Waals surface area contributed by atoms with Crippen LogP contribution in [0.15, 0.2) is 52.9 Å². The molecule has 0 bridgehead atoms. The summed E-state index contributed by atoms with van der Waals surface area (Å²) in [5, 5.41) is 23.0. The number of hydrogen-bond donors (Lipinski definition) is 2. The molecule has 1 aromatic heterocycles. The van der Waals surface area contributed by atoms with Crippen LogP contribution in [0.1, 0.15) is 17.2 Å². The van der Waals surface area contributed by atoms with Crippen molar-refractivity contribution in [3.63, 3.8) is 0 Å². The number of nitrogens with one attached hydrogen (secondary N) is 1. The van der Waals surface area contributed by atoms with E-state index in [0.717, 1.165) is 32.9 Å². The van der Waals surface area contributed by atoms with Crippen LogP contribution < -0.4 is 10.1 Å².